The zero-order chi connectivity index (χ0) is 31.8. The van der Waals surface area contributed by atoms with Crippen molar-refractivity contribution in [3.05, 3.63) is 84.5 Å². The molecular weight excluding hydrogens is 584 g/mol. The lowest BCUT2D eigenvalue weighted by Crippen LogP contribution is -2.48. The number of rotatable bonds is 9. The Labute approximate surface area is 263 Å². The zero-order valence-electron chi connectivity index (χ0n) is 28.3. The number of fused-ring (bicyclic) bond motifs is 1. The maximum Gasteiger partial charge on any atom is 0.192 e. The normalized spacial score (nSPS) is 24.8. The standard InChI is InChI=1S/C36H55O4PSi2/c1-27-28(22-23-41(37,30-18-14-12-15-19-30)31-20-16-13-17-21-31)24-33(40-43(10,11)36(5,6)7)32-25-29(39-34(27)32)26-38-42(8,9)35(2,3)4/h12-22,29,32-34H,1,23-26H2,2-11H3/b28-22-/t29-,32-,33+,34+/m1/s1. The number of hydrogen-bond acceptors (Lipinski definition) is 4. The lowest BCUT2D eigenvalue weighted by Gasteiger charge is -2.44. The number of benzene rings is 2. The molecule has 4 atom stereocenters. The van der Waals surface area contributed by atoms with E-state index in [4.69, 9.17) is 13.6 Å². The van der Waals surface area contributed by atoms with Gasteiger partial charge in [-0.3, -0.25) is 0 Å². The smallest absolute Gasteiger partial charge is 0.192 e. The first-order valence-corrected chi connectivity index (χ1v) is 23.6. The number of ether oxygens (including phenoxy) is 1. The molecule has 2 aromatic carbocycles. The second-order valence-electron chi connectivity index (χ2n) is 15.6. The van der Waals surface area contributed by atoms with Gasteiger partial charge in [0.15, 0.2) is 16.6 Å². The minimum Gasteiger partial charge on any atom is -0.414 e. The van der Waals surface area contributed by atoms with Crippen LogP contribution in [0.15, 0.2) is 84.5 Å². The van der Waals surface area contributed by atoms with E-state index in [0.717, 1.165) is 34.6 Å². The average Bonchev–Trinajstić information content (AvgIpc) is 3.37. The maximum absolute atomic E-state index is 14.8. The largest absolute Gasteiger partial charge is 0.414 e. The van der Waals surface area contributed by atoms with E-state index in [9.17, 15) is 4.57 Å². The monoisotopic (exact) mass is 638 g/mol. The van der Waals surface area contributed by atoms with Gasteiger partial charge in [0.2, 0.25) is 0 Å². The van der Waals surface area contributed by atoms with Crippen molar-refractivity contribution in [1.82, 2.24) is 0 Å². The van der Waals surface area contributed by atoms with Gasteiger partial charge in [-0.2, -0.15) is 0 Å². The van der Waals surface area contributed by atoms with Crippen molar-refractivity contribution in [2.75, 3.05) is 12.8 Å². The third-order valence-corrected chi connectivity index (χ3v) is 22.5. The molecule has 1 saturated heterocycles. The second-order valence-corrected chi connectivity index (χ2v) is 28.1. The van der Waals surface area contributed by atoms with Gasteiger partial charge in [0.1, 0.15) is 7.14 Å². The molecule has 2 fully saturated rings. The first-order chi connectivity index (χ1) is 19.9. The van der Waals surface area contributed by atoms with Crippen molar-refractivity contribution >= 4 is 34.4 Å². The van der Waals surface area contributed by atoms with Gasteiger partial charge in [-0.25, -0.2) is 0 Å². The van der Waals surface area contributed by atoms with Crippen molar-refractivity contribution in [1.29, 1.82) is 0 Å². The highest BCUT2D eigenvalue weighted by molar-refractivity contribution is 7.78. The van der Waals surface area contributed by atoms with Crippen LogP contribution in [0.5, 0.6) is 0 Å². The van der Waals surface area contributed by atoms with E-state index in [1.165, 1.54) is 0 Å². The van der Waals surface area contributed by atoms with Crippen LogP contribution in [0.3, 0.4) is 0 Å². The molecule has 0 aromatic heterocycles. The molecule has 1 heterocycles. The lowest BCUT2D eigenvalue weighted by atomic mass is 9.77. The van der Waals surface area contributed by atoms with Crippen molar-refractivity contribution in [2.45, 2.75) is 109 Å². The highest BCUT2D eigenvalue weighted by atomic mass is 31.2. The Morgan fingerprint density at radius 2 is 1.40 bits per heavy atom. The molecule has 2 aromatic rings. The fraction of sp³-hybridized carbons (Fsp3) is 0.556. The lowest BCUT2D eigenvalue weighted by molar-refractivity contribution is 0.00607. The molecule has 236 valence electrons. The predicted octanol–water partition coefficient (Wildman–Crippen LogP) is 9.07. The average molecular weight is 639 g/mol. The van der Waals surface area contributed by atoms with Gasteiger partial charge in [0.05, 0.1) is 24.9 Å². The van der Waals surface area contributed by atoms with Gasteiger partial charge < -0.3 is 18.2 Å². The summed E-state index contributed by atoms with van der Waals surface area (Å²) in [7, 11) is -6.85. The molecule has 7 heteroatoms. The van der Waals surface area contributed by atoms with Gasteiger partial charge in [-0.05, 0) is 60.3 Å². The van der Waals surface area contributed by atoms with E-state index >= 15 is 0 Å². The summed E-state index contributed by atoms with van der Waals surface area (Å²) in [6, 6.07) is 19.8. The first kappa shape index (κ1) is 34.3. The summed E-state index contributed by atoms with van der Waals surface area (Å²) in [6.45, 7) is 28.2. The zero-order valence-corrected chi connectivity index (χ0v) is 31.2. The molecule has 1 saturated carbocycles. The molecule has 4 rings (SSSR count). The summed E-state index contributed by atoms with van der Waals surface area (Å²) in [6.07, 6.45) is 4.25. The van der Waals surface area contributed by atoms with Crippen molar-refractivity contribution in [3.8, 4) is 0 Å². The minimum atomic E-state index is -2.90. The predicted molar refractivity (Wildman–Crippen MR) is 188 cm³/mol. The number of hydrogen-bond donors (Lipinski definition) is 0. The van der Waals surface area contributed by atoms with E-state index in [-0.39, 0.29) is 34.3 Å². The fourth-order valence-corrected chi connectivity index (χ4v) is 10.5. The molecule has 0 spiro atoms. The summed E-state index contributed by atoms with van der Waals surface area (Å²) in [5.41, 5.74) is 2.14. The Balaban J connectivity index is 1.65. The Morgan fingerprint density at radius 3 is 1.88 bits per heavy atom. The van der Waals surface area contributed by atoms with Gasteiger partial charge in [0.25, 0.3) is 0 Å². The molecule has 0 amide bonds. The third kappa shape index (κ3) is 7.48. The van der Waals surface area contributed by atoms with E-state index in [1.54, 1.807) is 0 Å². The summed E-state index contributed by atoms with van der Waals surface area (Å²) in [5, 5.41) is 2.01. The highest BCUT2D eigenvalue weighted by Crippen LogP contribution is 2.49. The van der Waals surface area contributed by atoms with Gasteiger partial charge in [0, 0.05) is 22.7 Å². The Hall–Kier alpha value is -1.54. The highest BCUT2D eigenvalue weighted by Gasteiger charge is 2.50. The van der Waals surface area contributed by atoms with Crippen LogP contribution in [0.2, 0.25) is 36.3 Å². The molecule has 1 aliphatic carbocycles. The third-order valence-electron chi connectivity index (χ3n) is 10.5. The van der Waals surface area contributed by atoms with Crippen molar-refractivity contribution < 1.29 is 18.2 Å². The quantitative estimate of drug-likeness (QED) is 0.203. The number of allylic oxidation sites excluding steroid dienone is 1. The summed E-state index contributed by atoms with van der Waals surface area (Å²) in [4.78, 5) is 0. The molecule has 2 aliphatic rings. The van der Waals surface area contributed by atoms with E-state index in [2.05, 4.69) is 80.4 Å². The summed E-state index contributed by atoms with van der Waals surface area (Å²) >= 11 is 0. The second kappa shape index (κ2) is 12.7. The SMILES string of the molecule is C=C1/C(=C\CP(=O)(c2ccccc2)c2ccccc2)C[C@H](O[Si](C)(C)C(C)(C)C)[C@H]2C[C@H](CO[Si](C)(C)C(C)(C)C)O[C@@H]12. The van der Waals surface area contributed by atoms with Crippen LogP contribution >= 0.6 is 7.14 Å². The molecule has 4 nitrogen and oxygen atoms in total. The Bertz CT molecular complexity index is 1300. The molecule has 43 heavy (non-hydrogen) atoms. The maximum atomic E-state index is 14.8. The van der Waals surface area contributed by atoms with Crippen molar-refractivity contribution in [3.63, 3.8) is 0 Å². The van der Waals surface area contributed by atoms with E-state index in [0.29, 0.717) is 12.8 Å². The van der Waals surface area contributed by atoms with Crippen LogP contribution in [0.25, 0.3) is 0 Å². The van der Waals surface area contributed by atoms with Gasteiger partial charge in [-0.15, -0.1) is 0 Å². The Morgan fingerprint density at radius 1 is 0.884 bits per heavy atom. The van der Waals surface area contributed by atoms with Crippen LogP contribution in [-0.4, -0.2) is 47.7 Å². The summed E-state index contributed by atoms with van der Waals surface area (Å²) < 4.78 is 35.4. The van der Waals surface area contributed by atoms with Crippen LogP contribution in [0, 0.1) is 5.92 Å². The minimum absolute atomic E-state index is 0.0190. The van der Waals surface area contributed by atoms with Crippen LogP contribution < -0.4 is 10.6 Å². The Kier molecular flexibility index (Phi) is 10.1. The van der Waals surface area contributed by atoms with Crippen LogP contribution in [-0.2, 0) is 18.2 Å². The molecule has 0 radical (unpaired) electrons. The van der Waals surface area contributed by atoms with E-state index in [1.807, 2.05) is 60.7 Å². The van der Waals surface area contributed by atoms with Gasteiger partial charge in [-0.1, -0.05) is 115 Å². The molecule has 0 unspecified atom stereocenters. The fourth-order valence-electron chi connectivity index (χ4n) is 5.62. The molecule has 0 bridgehead atoms. The van der Waals surface area contributed by atoms with Crippen LogP contribution in [0.4, 0.5) is 0 Å². The van der Waals surface area contributed by atoms with E-state index < -0.39 is 23.8 Å². The molecule has 1 aliphatic heterocycles. The topological polar surface area (TPSA) is 44.8 Å². The first-order valence-electron chi connectivity index (χ1n) is 15.9. The van der Waals surface area contributed by atoms with Crippen LogP contribution in [0.1, 0.15) is 54.4 Å². The molecule has 0 N–H and O–H groups in total. The summed E-state index contributed by atoms with van der Waals surface area (Å²) in [5.74, 6) is 0.238. The van der Waals surface area contributed by atoms with Crippen molar-refractivity contribution in [2.24, 2.45) is 5.92 Å². The molecular formula is C36H55O4PSi2. The van der Waals surface area contributed by atoms with Gasteiger partial charge >= 0.3 is 0 Å².